The van der Waals surface area contributed by atoms with Gasteiger partial charge in [0.15, 0.2) is 0 Å². The van der Waals surface area contributed by atoms with Gasteiger partial charge in [-0.2, -0.15) is 0 Å². The van der Waals surface area contributed by atoms with Crippen molar-refractivity contribution in [2.24, 2.45) is 0 Å². The standard InChI is InChI=1S/C19H25N5O2S2/c1-12-13(2)28-19-16(12)18(26)22-15(23-19)10-27-14(3)17(25)21-6-4-5-8-24-9-7-20-11-24/h7,9,11,14H,4-6,8,10H2,1-3H3,(H,21,25)(H,22,23,26)/t14-/m0/s1. The number of imidazole rings is 1. The van der Waals surface area contributed by atoms with Crippen LogP contribution in [0.1, 0.15) is 36.0 Å². The van der Waals surface area contributed by atoms with Crippen molar-refractivity contribution in [2.45, 2.75) is 51.2 Å². The molecule has 0 saturated carbocycles. The normalized spacial score (nSPS) is 12.4. The molecule has 3 rings (SSSR count). The number of unbranched alkanes of at least 4 members (excludes halogenated alkanes) is 1. The van der Waals surface area contributed by atoms with Crippen LogP contribution in [-0.4, -0.2) is 37.2 Å². The van der Waals surface area contributed by atoms with Crippen molar-refractivity contribution in [3.05, 3.63) is 45.3 Å². The molecule has 28 heavy (non-hydrogen) atoms. The summed E-state index contributed by atoms with van der Waals surface area (Å²) in [6.45, 7) is 7.39. The van der Waals surface area contributed by atoms with E-state index in [-0.39, 0.29) is 16.7 Å². The Labute approximate surface area is 172 Å². The SMILES string of the molecule is Cc1sc2nc(CS[C@@H](C)C(=O)NCCCCn3ccnc3)[nH]c(=O)c2c1C. The summed E-state index contributed by atoms with van der Waals surface area (Å²) in [6, 6.07) is 0. The second kappa shape index (κ2) is 9.38. The van der Waals surface area contributed by atoms with Crippen molar-refractivity contribution in [1.29, 1.82) is 0 Å². The molecule has 0 fully saturated rings. The van der Waals surface area contributed by atoms with Crippen LogP contribution in [0.3, 0.4) is 0 Å². The fourth-order valence-electron chi connectivity index (χ4n) is 2.84. The number of hydrogen-bond donors (Lipinski definition) is 2. The minimum absolute atomic E-state index is 0.0128. The molecular formula is C19H25N5O2S2. The monoisotopic (exact) mass is 419 g/mol. The van der Waals surface area contributed by atoms with E-state index >= 15 is 0 Å². The zero-order chi connectivity index (χ0) is 20.1. The first-order valence-electron chi connectivity index (χ1n) is 9.29. The number of fused-ring (bicyclic) bond motifs is 1. The number of nitrogens with one attached hydrogen (secondary N) is 2. The molecule has 3 heterocycles. The summed E-state index contributed by atoms with van der Waals surface area (Å²) in [5, 5.41) is 3.45. The highest BCUT2D eigenvalue weighted by Crippen LogP contribution is 2.26. The minimum Gasteiger partial charge on any atom is -0.355 e. The summed E-state index contributed by atoms with van der Waals surface area (Å²) >= 11 is 3.01. The molecule has 0 spiro atoms. The van der Waals surface area contributed by atoms with E-state index < -0.39 is 0 Å². The summed E-state index contributed by atoms with van der Waals surface area (Å²) < 4.78 is 2.03. The third kappa shape index (κ3) is 5.02. The predicted molar refractivity (Wildman–Crippen MR) is 115 cm³/mol. The van der Waals surface area contributed by atoms with Gasteiger partial charge in [0.2, 0.25) is 5.91 Å². The molecule has 1 amide bonds. The van der Waals surface area contributed by atoms with E-state index in [1.54, 1.807) is 12.5 Å². The number of thiophene rings is 1. The van der Waals surface area contributed by atoms with E-state index in [0.717, 1.165) is 34.7 Å². The van der Waals surface area contributed by atoms with E-state index in [4.69, 9.17) is 0 Å². The molecule has 0 aliphatic heterocycles. The number of nitrogens with zero attached hydrogens (tertiary/aromatic N) is 3. The number of carbonyl (C=O) groups is 1. The van der Waals surface area contributed by atoms with E-state index in [2.05, 4.69) is 20.3 Å². The molecule has 0 bridgehead atoms. The van der Waals surface area contributed by atoms with Crippen LogP contribution >= 0.6 is 23.1 Å². The summed E-state index contributed by atoms with van der Waals surface area (Å²) in [4.78, 5) is 37.9. The number of aromatic nitrogens is 4. The van der Waals surface area contributed by atoms with Crippen molar-refractivity contribution in [3.8, 4) is 0 Å². The maximum absolute atomic E-state index is 12.3. The average molecular weight is 420 g/mol. The Kier molecular flexibility index (Phi) is 6.90. The lowest BCUT2D eigenvalue weighted by atomic mass is 10.2. The fourth-order valence-corrected chi connectivity index (χ4v) is 4.67. The number of aromatic amines is 1. The smallest absolute Gasteiger partial charge is 0.259 e. The van der Waals surface area contributed by atoms with Crippen LogP contribution in [0.4, 0.5) is 0 Å². The maximum Gasteiger partial charge on any atom is 0.259 e. The Balaban J connectivity index is 1.44. The maximum atomic E-state index is 12.3. The van der Waals surface area contributed by atoms with Crippen molar-refractivity contribution in [2.75, 3.05) is 6.54 Å². The van der Waals surface area contributed by atoms with Gasteiger partial charge in [-0.05, 0) is 39.2 Å². The summed E-state index contributed by atoms with van der Waals surface area (Å²) in [5.74, 6) is 1.12. The number of aryl methyl sites for hydroxylation is 3. The zero-order valence-corrected chi connectivity index (χ0v) is 18.0. The second-order valence-electron chi connectivity index (χ2n) is 6.73. The second-order valence-corrected chi connectivity index (χ2v) is 9.26. The third-order valence-corrected chi connectivity index (χ3v) is 6.88. The first-order chi connectivity index (χ1) is 13.5. The summed E-state index contributed by atoms with van der Waals surface area (Å²) in [6.07, 6.45) is 7.41. The van der Waals surface area contributed by atoms with Gasteiger partial charge in [-0.25, -0.2) is 9.97 Å². The first kappa shape index (κ1) is 20.6. The average Bonchev–Trinajstić information content (AvgIpc) is 3.27. The van der Waals surface area contributed by atoms with E-state index in [0.29, 0.717) is 23.5 Å². The molecule has 2 N–H and O–H groups in total. The molecule has 0 aliphatic rings. The zero-order valence-electron chi connectivity index (χ0n) is 16.3. The highest BCUT2D eigenvalue weighted by atomic mass is 32.2. The van der Waals surface area contributed by atoms with Crippen LogP contribution in [0.5, 0.6) is 0 Å². The summed E-state index contributed by atoms with van der Waals surface area (Å²) in [7, 11) is 0. The Bertz CT molecular complexity index is 994. The number of carbonyl (C=O) groups excluding carboxylic acids is 1. The molecule has 150 valence electrons. The van der Waals surface area contributed by atoms with Gasteiger partial charge in [0.1, 0.15) is 10.7 Å². The van der Waals surface area contributed by atoms with Gasteiger partial charge < -0.3 is 14.9 Å². The molecule has 0 aromatic carbocycles. The first-order valence-corrected chi connectivity index (χ1v) is 11.2. The highest BCUT2D eigenvalue weighted by molar-refractivity contribution is 7.99. The predicted octanol–water partition coefficient (Wildman–Crippen LogP) is 3.02. The van der Waals surface area contributed by atoms with Crippen LogP contribution in [-0.2, 0) is 17.1 Å². The minimum atomic E-state index is -0.207. The molecule has 0 unspecified atom stereocenters. The van der Waals surface area contributed by atoms with E-state index in [1.807, 2.05) is 31.5 Å². The Hall–Kier alpha value is -2.13. The Morgan fingerprint density at radius 3 is 2.96 bits per heavy atom. The third-order valence-electron chi connectivity index (χ3n) is 4.63. The van der Waals surface area contributed by atoms with E-state index in [1.165, 1.54) is 23.1 Å². The van der Waals surface area contributed by atoms with Gasteiger partial charge in [-0.15, -0.1) is 23.1 Å². The number of amides is 1. The van der Waals surface area contributed by atoms with Crippen LogP contribution in [0.15, 0.2) is 23.5 Å². The lowest BCUT2D eigenvalue weighted by Crippen LogP contribution is -2.32. The van der Waals surface area contributed by atoms with Crippen LogP contribution in [0.25, 0.3) is 10.2 Å². The largest absolute Gasteiger partial charge is 0.355 e. The molecule has 3 aromatic heterocycles. The van der Waals surface area contributed by atoms with Crippen LogP contribution in [0, 0.1) is 13.8 Å². The molecule has 0 aliphatic carbocycles. The van der Waals surface area contributed by atoms with Crippen molar-refractivity contribution in [1.82, 2.24) is 24.8 Å². The van der Waals surface area contributed by atoms with Gasteiger partial charge in [0.25, 0.3) is 5.56 Å². The molecule has 7 nitrogen and oxygen atoms in total. The number of H-pyrrole nitrogens is 1. The van der Waals surface area contributed by atoms with Crippen LogP contribution in [0.2, 0.25) is 0 Å². The molecule has 9 heteroatoms. The van der Waals surface area contributed by atoms with E-state index in [9.17, 15) is 9.59 Å². The molecule has 0 saturated heterocycles. The summed E-state index contributed by atoms with van der Waals surface area (Å²) in [5.41, 5.74) is 0.895. The molecule has 0 radical (unpaired) electrons. The lowest BCUT2D eigenvalue weighted by Gasteiger charge is -2.12. The Morgan fingerprint density at radius 2 is 2.21 bits per heavy atom. The topological polar surface area (TPSA) is 92.7 Å². The van der Waals surface area contributed by atoms with Crippen molar-refractivity contribution in [3.63, 3.8) is 0 Å². The van der Waals surface area contributed by atoms with Gasteiger partial charge in [0, 0.05) is 30.4 Å². The Morgan fingerprint density at radius 1 is 1.39 bits per heavy atom. The fraction of sp³-hybridized carbons (Fsp3) is 0.474. The number of thioether (sulfide) groups is 1. The lowest BCUT2D eigenvalue weighted by molar-refractivity contribution is -0.120. The molecular weight excluding hydrogens is 394 g/mol. The van der Waals surface area contributed by atoms with Gasteiger partial charge >= 0.3 is 0 Å². The quantitative estimate of drug-likeness (QED) is 0.520. The van der Waals surface area contributed by atoms with Gasteiger partial charge in [-0.1, -0.05) is 0 Å². The molecule has 3 aromatic rings. The number of rotatable bonds is 9. The molecule has 1 atom stereocenters. The van der Waals surface area contributed by atoms with Gasteiger partial charge in [0.05, 0.1) is 22.7 Å². The van der Waals surface area contributed by atoms with Gasteiger partial charge in [-0.3, -0.25) is 9.59 Å². The highest BCUT2D eigenvalue weighted by Gasteiger charge is 2.15. The van der Waals surface area contributed by atoms with Crippen molar-refractivity contribution >= 4 is 39.2 Å². The number of hydrogen-bond acceptors (Lipinski definition) is 6. The van der Waals surface area contributed by atoms with Crippen LogP contribution < -0.4 is 10.9 Å². The van der Waals surface area contributed by atoms with Crippen molar-refractivity contribution < 1.29 is 4.79 Å².